The van der Waals surface area contributed by atoms with Crippen molar-refractivity contribution in [3.05, 3.63) is 29.8 Å². The number of nitrogens with zero attached hydrogens (tertiary/aromatic N) is 1. The molecule has 21 heavy (non-hydrogen) atoms. The van der Waals surface area contributed by atoms with Crippen LogP contribution in [0.3, 0.4) is 0 Å². The van der Waals surface area contributed by atoms with Crippen molar-refractivity contribution < 1.29 is 8.42 Å². The van der Waals surface area contributed by atoms with Gasteiger partial charge in [-0.05, 0) is 43.4 Å². The third-order valence-electron chi connectivity index (χ3n) is 4.13. The van der Waals surface area contributed by atoms with E-state index in [1.165, 1.54) is 0 Å². The topological polar surface area (TPSA) is 49.4 Å². The SMILES string of the molecule is CCNCc1ccccc1S(=O)(=O)N1CCCC(C)CC1. The summed E-state index contributed by atoms with van der Waals surface area (Å²) in [5.41, 5.74) is 0.858. The van der Waals surface area contributed by atoms with Crippen LogP contribution in [0.1, 0.15) is 38.7 Å². The Morgan fingerprint density at radius 3 is 2.76 bits per heavy atom. The van der Waals surface area contributed by atoms with Crippen molar-refractivity contribution in [3.63, 3.8) is 0 Å². The Morgan fingerprint density at radius 1 is 1.24 bits per heavy atom. The van der Waals surface area contributed by atoms with Gasteiger partial charge in [0.05, 0.1) is 4.90 Å². The van der Waals surface area contributed by atoms with Gasteiger partial charge < -0.3 is 5.32 Å². The lowest BCUT2D eigenvalue weighted by atomic mass is 10.0. The van der Waals surface area contributed by atoms with Gasteiger partial charge in [-0.3, -0.25) is 0 Å². The smallest absolute Gasteiger partial charge is 0.243 e. The van der Waals surface area contributed by atoms with Crippen LogP contribution in [0.5, 0.6) is 0 Å². The van der Waals surface area contributed by atoms with Gasteiger partial charge >= 0.3 is 0 Å². The monoisotopic (exact) mass is 310 g/mol. The summed E-state index contributed by atoms with van der Waals surface area (Å²) in [6.45, 7) is 6.93. The van der Waals surface area contributed by atoms with Gasteiger partial charge in [0.2, 0.25) is 10.0 Å². The molecule has 0 radical (unpaired) electrons. The molecule has 0 bridgehead atoms. The summed E-state index contributed by atoms with van der Waals surface area (Å²) in [6.07, 6.45) is 3.02. The van der Waals surface area contributed by atoms with Crippen molar-refractivity contribution in [2.24, 2.45) is 5.92 Å². The quantitative estimate of drug-likeness (QED) is 0.909. The van der Waals surface area contributed by atoms with E-state index in [1.54, 1.807) is 10.4 Å². The molecule has 1 fully saturated rings. The van der Waals surface area contributed by atoms with Gasteiger partial charge in [-0.1, -0.05) is 32.0 Å². The molecule has 0 spiro atoms. The zero-order valence-corrected chi connectivity index (χ0v) is 13.8. The van der Waals surface area contributed by atoms with Gasteiger partial charge in [0.1, 0.15) is 0 Å². The minimum atomic E-state index is -3.38. The Bertz CT molecular complexity index is 557. The van der Waals surface area contributed by atoms with Gasteiger partial charge in [-0.25, -0.2) is 8.42 Å². The van der Waals surface area contributed by atoms with Crippen LogP contribution in [0.15, 0.2) is 29.2 Å². The summed E-state index contributed by atoms with van der Waals surface area (Å²) in [5.74, 6) is 0.613. The number of nitrogens with one attached hydrogen (secondary N) is 1. The predicted molar refractivity (Wildman–Crippen MR) is 85.6 cm³/mol. The van der Waals surface area contributed by atoms with E-state index in [9.17, 15) is 8.42 Å². The third kappa shape index (κ3) is 4.05. The lowest BCUT2D eigenvalue weighted by molar-refractivity contribution is 0.416. The van der Waals surface area contributed by atoms with Crippen LogP contribution in [-0.4, -0.2) is 32.4 Å². The fourth-order valence-electron chi connectivity index (χ4n) is 2.78. The Balaban J connectivity index is 2.26. The van der Waals surface area contributed by atoms with Gasteiger partial charge in [-0.15, -0.1) is 0 Å². The molecule has 1 saturated heterocycles. The van der Waals surface area contributed by atoms with Gasteiger partial charge in [0.25, 0.3) is 0 Å². The number of sulfonamides is 1. The van der Waals surface area contributed by atoms with E-state index in [0.29, 0.717) is 30.4 Å². The number of hydrogen-bond donors (Lipinski definition) is 1. The molecule has 2 rings (SSSR count). The fourth-order valence-corrected chi connectivity index (χ4v) is 4.49. The standard InChI is InChI=1S/C16H26N2O2S/c1-3-17-13-15-8-4-5-9-16(15)21(19,20)18-11-6-7-14(2)10-12-18/h4-5,8-9,14,17H,3,6-7,10-13H2,1-2H3. The Morgan fingerprint density at radius 2 is 2.00 bits per heavy atom. The molecule has 5 heteroatoms. The fraction of sp³-hybridized carbons (Fsp3) is 0.625. The van der Waals surface area contributed by atoms with Crippen molar-refractivity contribution >= 4 is 10.0 Å². The average molecular weight is 310 g/mol. The summed E-state index contributed by atoms with van der Waals surface area (Å²) in [4.78, 5) is 0.459. The van der Waals surface area contributed by atoms with Crippen LogP contribution >= 0.6 is 0 Å². The van der Waals surface area contributed by atoms with Crippen molar-refractivity contribution in [2.75, 3.05) is 19.6 Å². The molecule has 118 valence electrons. The zero-order valence-electron chi connectivity index (χ0n) is 13.0. The maximum atomic E-state index is 12.9. The zero-order chi connectivity index (χ0) is 15.3. The van der Waals surface area contributed by atoms with Crippen molar-refractivity contribution in [1.29, 1.82) is 0 Å². The van der Waals surface area contributed by atoms with E-state index in [-0.39, 0.29) is 0 Å². The number of hydrogen-bond acceptors (Lipinski definition) is 3. The van der Waals surface area contributed by atoms with Crippen LogP contribution < -0.4 is 5.32 Å². The Hall–Kier alpha value is -0.910. The second-order valence-electron chi connectivity index (χ2n) is 5.83. The predicted octanol–water partition coefficient (Wildman–Crippen LogP) is 2.61. The highest BCUT2D eigenvalue weighted by Crippen LogP contribution is 2.25. The lowest BCUT2D eigenvalue weighted by Crippen LogP contribution is -2.33. The molecule has 1 aromatic rings. The van der Waals surface area contributed by atoms with E-state index < -0.39 is 10.0 Å². The van der Waals surface area contributed by atoms with Crippen LogP contribution in [0.2, 0.25) is 0 Å². The summed E-state index contributed by atoms with van der Waals surface area (Å²) < 4.78 is 27.5. The maximum absolute atomic E-state index is 12.9. The molecule has 1 unspecified atom stereocenters. The molecular formula is C16H26N2O2S. The Kier molecular flexibility index (Phi) is 5.79. The van der Waals surface area contributed by atoms with E-state index in [0.717, 1.165) is 31.4 Å². The van der Waals surface area contributed by atoms with Crippen LogP contribution in [0.4, 0.5) is 0 Å². The second kappa shape index (κ2) is 7.38. The summed E-state index contributed by atoms with van der Waals surface area (Å²) in [6, 6.07) is 7.34. The van der Waals surface area contributed by atoms with E-state index in [2.05, 4.69) is 12.2 Å². The van der Waals surface area contributed by atoms with E-state index in [1.807, 2.05) is 25.1 Å². The first-order valence-electron chi connectivity index (χ1n) is 7.84. The molecule has 1 N–H and O–H groups in total. The first-order chi connectivity index (χ1) is 10.1. The van der Waals surface area contributed by atoms with Crippen molar-refractivity contribution in [1.82, 2.24) is 9.62 Å². The minimum absolute atomic E-state index is 0.459. The normalized spacial score (nSPS) is 21.1. The van der Waals surface area contributed by atoms with Gasteiger partial charge in [0.15, 0.2) is 0 Å². The average Bonchev–Trinajstić information content (AvgIpc) is 2.70. The second-order valence-corrected chi connectivity index (χ2v) is 7.73. The summed E-state index contributed by atoms with van der Waals surface area (Å²) >= 11 is 0. The molecule has 1 aliphatic heterocycles. The molecule has 4 nitrogen and oxygen atoms in total. The molecule has 1 aromatic carbocycles. The first kappa shape index (κ1) is 16.5. The minimum Gasteiger partial charge on any atom is -0.313 e. The highest BCUT2D eigenvalue weighted by Gasteiger charge is 2.28. The molecule has 0 amide bonds. The molecule has 0 saturated carbocycles. The maximum Gasteiger partial charge on any atom is 0.243 e. The lowest BCUT2D eigenvalue weighted by Gasteiger charge is -2.22. The molecule has 1 aliphatic rings. The van der Waals surface area contributed by atoms with Crippen LogP contribution in [0, 0.1) is 5.92 Å². The summed E-state index contributed by atoms with van der Waals surface area (Å²) in [7, 11) is -3.38. The molecule has 0 aromatic heterocycles. The van der Waals surface area contributed by atoms with E-state index >= 15 is 0 Å². The highest BCUT2D eigenvalue weighted by molar-refractivity contribution is 7.89. The Labute approximate surface area is 128 Å². The van der Waals surface area contributed by atoms with Crippen LogP contribution in [0.25, 0.3) is 0 Å². The first-order valence-corrected chi connectivity index (χ1v) is 9.28. The highest BCUT2D eigenvalue weighted by atomic mass is 32.2. The van der Waals surface area contributed by atoms with Gasteiger partial charge in [-0.2, -0.15) is 4.31 Å². The molecule has 1 atom stereocenters. The molecule has 1 heterocycles. The van der Waals surface area contributed by atoms with E-state index in [4.69, 9.17) is 0 Å². The molecular weight excluding hydrogens is 284 g/mol. The third-order valence-corrected chi connectivity index (χ3v) is 6.13. The van der Waals surface area contributed by atoms with Gasteiger partial charge in [0, 0.05) is 19.6 Å². The van der Waals surface area contributed by atoms with Crippen molar-refractivity contribution in [3.8, 4) is 0 Å². The van der Waals surface area contributed by atoms with Crippen LogP contribution in [-0.2, 0) is 16.6 Å². The number of rotatable bonds is 5. The number of benzene rings is 1. The summed E-state index contributed by atoms with van der Waals surface area (Å²) in [5, 5.41) is 3.22. The largest absolute Gasteiger partial charge is 0.313 e. The van der Waals surface area contributed by atoms with Crippen molar-refractivity contribution in [2.45, 2.75) is 44.6 Å². The molecule has 0 aliphatic carbocycles.